The normalized spacial score (nSPS) is 18.5. The van der Waals surface area contributed by atoms with Crippen LogP contribution < -0.4 is 0 Å². The third-order valence-electron chi connectivity index (χ3n) is 3.31. The molecule has 1 aliphatic heterocycles. The second kappa shape index (κ2) is 4.62. The molecule has 18 heavy (non-hydrogen) atoms. The van der Waals surface area contributed by atoms with Crippen LogP contribution in [0.5, 0.6) is 0 Å². The van der Waals surface area contributed by atoms with Gasteiger partial charge in [-0.3, -0.25) is 4.79 Å². The van der Waals surface area contributed by atoms with Crippen LogP contribution in [-0.2, 0) is 0 Å². The largest absolute Gasteiger partial charge is 0.294 e. The van der Waals surface area contributed by atoms with Gasteiger partial charge in [0.25, 0.3) is 0 Å². The molecule has 1 unspecified atom stereocenters. The van der Waals surface area contributed by atoms with Crippen molar-refractivity contribution in [3.05, 3.63) is 65.2 Å². The third kappa shape index (κ3) is 1.97. The van der Waals surface area contributed by atoms with E-state index in [0.717, 1.165) is 10.5 Å². The Morgan fingerprint density at radius 2 is 1.83 bits per heavy atom. The van der Waals surface area contributed by atoms with Gasteiger partial charge in [0.2, 0.25) is 0 Å². The highest BCUT2D eigenvalue weighted by Crippen LogP contribution is 2.45. The van der Waals surface area contributed by atoms with Crippen LogP contribution in [0.25, 0.3) is 0 Å². The SMILES string of the molecule is Cc1cccc2c1SC(c1ccccc1)CC2=O. The molecule has 2 aromatic carbocycles. The summed E-state index contributed by atoms with van der Waals surface area (Å²) in [6.45, 7) is 2.08. The second-order valence-electron chi connectivity index (χ2n) is 4.60. The molecule has 2 aromatic rings. The van der Waals surface area contributed by atoms with Crippen LogP contribution >= 0.6 is 11.8 Å². The van der Waals surface area contributed by atoms with Crippen molar-refractivity contribution in [2.75, 3.05) is 0 Å². The predicted molar refractivity (Wildman–Crippen MR) is 75.2 cm³/mol. The van der Waals surface area contributed by atoms with E-state index < -0.39 is 0 Å². The topological polar surface area (TPSA) is 17.1 Å². The first-order chi connectivity index (χ1) is 8.75. The molecule has 0 spiro atoms. The van der Waals surface area contributed by atoms with Gasteiger partial charge in [-0.2, -0.15) is 0 Å². The van der Waals surface area contributed by atoms with E-state index >= 15 is 0 Å². The lowest BCUT2D eigenvalue weighted by atomic mass is 10.00. The maximum Gasteiger partial charge on any atom is 0.165 e. The Morgan fingerprint density at radius 3 is 2.61 bits per heavy atom. The summed E-state index contributed by atoms with van der Waals surface area (Å²) >= 11 is 1.82. The van der Waals surface area contributed by atoms with Crippen LogP contribution in [0.2, 0.25) is 0 Å². The van der Waals surface area contributed by atoms with Crippen molar-refractivity contribution in [2.45, 2.75) is 23.5 Å². The van der Waals surface area contributed by atoms with Crippen LogP contribution in [0.15, 0.2) is 53.4 Å². The van der Waals surface area contributed by atoms with Crippen LogP contribution in [-0.4, -0.2) is 5.78 Å². The standard InChI is InChI=1S/C16H14OS/c1-11-6-5-9-13-14(17)10-15(18-16(11)13)12-7-3-2-4-8-12/h2-9,15H,10H2,1H3. The summed E-state index contributed by atoms with van der Waals surface area (Å²) in [7, 11) is 0. The molecule has 0 N–H and O–H groups in total. The Bertz CT molecular complexity index is 589. The molecule has 3 rings (SSSR count). The van der Waals surface area contributed by atoms with E-state index in [1.807, 2.05) is 42.1 Å². The van der Waals surface area contributed by atoms with Crippen molar-refractivity contribution < 1.29 is 4.79 Å². The number of hydrogen-bond acceptors (Lipinski definition) is 2. The molecule has 1 aliphatic rings. The fourth-order valence-corrected chi connectivity index (χ4v) is 3.72. The molecule has 90 valence electrons. The van der Waals surface area contributed by atoms with Gasteiger partial charge in [-0.15, -0.1) is 11.8 Å². The predicted octanol–water partition coefficient (Wildman–Crippen LogP) is 4.41. The van der Waals surface area contributed by atoms with E-state index in [0.29, 0.717) is 6.42 Å². The smallest absolute Gasteiger partial charge is 0.165 e. The Labute approximate surface area is 111 Å². The number of benzene rings is 2. The molecule has 0 amide bonds. The summed E-state index contributed by atoms with van der Waals surface area (Å²) in [5.74, 6) is 0.265. The zero-order valence-corrected chi connectivity index (χ0v) is 11.0. The molecule has 2 heteroatoms. The fourth-order valence-electron chi connectivity index (χ4n) is 2.34. The molecule has 0 aliphatic carbocycles. The number of Topliss-reactive ketones (excluding diaryl/α,β-unsaturated/α-hetero) is 1. The first kappa shape index (κ1) is 11.5. The van der Waals surface area contributed by atoms with Gasteiger partial charge in [0, 0.05) is 22.1 Å². The van der Waals surface area contributed by atoms with Crippen LogP contribution in [0.3, 0.4) is 0 Å². The Balaban J connectivity index is 2.01. The summed E-state index contributed by atoms with van der Waals surface area (Å²) < 4.78 is 0. The quantitative estimate of drug-likeness (QED) is 0.749. The van der Waals surface area contributed by atoms with Crippen LogP contribution in [0.4, 0.5) is 0 Å². The minimum Gasteiger partial charge on any atom is -0.294 e. The highest BCUT2D eigenvalue weighted by molar-refractivity contribution is 7.99. The monoisotopic (exact) mass is 254 g/mol. The highest BCUT2D eigenvalue weighted by Gasteiger charge is 2.27. The summed E-state index contributed by atoms with van der Waals surface area (Å²) in [6.07, 6.45) is 0.602. The Hall–Kier alpha value is -1.54. The Morgan fingerprint density at radius 1 is 1.06 bits per heavy atom. The molecule has 0 radical (unpaired) electrons. The summed E-state index contributed by atoms with van der Waals surface area (Å²) in [6, 6.07) is 16.3. The number of aryl methyl sites for hydroxylation is 1. The van der Waals surface area contributed by atoms with Gasteiger partial charge in [-0.1, -0.05) is 48.5 Å². The molecule has 0 saturated carbocycles. The molecule has 0 aromatic heterocycles. The average Bonchev–Trinajstić information content (AvgIpc) is 2.41. The molecule has 0 fully saturated rings. The van der Waals surface area contributed by atoms with E-state index in [2.05, 4.69) is 25.1 Å². The maximum absolute atomic E-state index is 12.2. The molecule has 0 saturated heterocycles. The van der Waals surface area contributed by atoms with E-state index in [1.165, 1.54) is 11.1 Å². The summed E-state index contributed by atoms with van der Waals surface area (Å²) in [5, 5.41) is 0.257. The van der Waals surface area contributed by atoms with Crippen LogP contribution in [0, 0.1) is 6.92 Å². The van der Waals surface area contributed by atoms with Crippen LogP contribution in [0.1, 0.15) is 33.2 Å². The molecular formula is C16H14OS. The lowest BCUT2D eigenvalue weighted by molar-refractivity contribution is 0.0976. The van der Waals surface area contributed by atoms with Crippen molar-refractivity contribution in [1.29, 1.82) is 0 Å². The second-order valence-corrected chi connectivity index (χ2v) is 5.81. The number of carbonyl (C=O) groups is 1. The fraction of sp³-hybridized carbons (Fsp3) is 0.188. The van der Waals surface area contributed by atoms with Gasteiger partial charge in [0.15, 0.2) is 5.78 Å². The third-order valence-corrected chi connectivity index (χ3v) is 4.82. The van der Waals surface area contributed by atoms with Crippen molar-refractivity contribution in [3.63, 3.8) is 0 Å². The van der Waals surface area contributed by atoms with Gasteiger partial charge >= 0.3 is 0 Å². The first-order valence-corrected chi connectivity index (χ1v) is 6.98. The van der Waals surface area contributed by atoms with Gasteiger partial charge in [-0.05, 0) is 18.1 Å². The molecule has 1 atom stereocenters. The number of carbonyl (C=O) groups excluding carboxylic acids is 1. The number of ketones is 1. The zero-order valence-electron chi connectivity index (χ0n) is 10.2. The van der Waals surface area contributed by atoms with Crippen molar-refractivity contribution >= 4 is 17.5 Å². The van der Waals surface area contributed by atoms with E-state index in [-0.39, 0.29) is 11.0 Å². The lowest BCUT2D eigenvalue weighted by Gasteiger charge is -2.24. The Kier molecular flexibility index (Phi) is 2.96. The van der Waals surface area contributed by atoms with Gasteiger partial charge in [0.05, 0.1) is 0 Å². The van der Waals surface area contributed by atoms with Gasteiger partial charge < -0.3 is 0 Å². The van der Waals surface area contributed by atoms with Gasteiger partial charge in [-0.25, -0.2) is 0 Å². The van der Waals surface area contributed by atoms with E-state index in [4.69, 9.17) is 0 Å². The number of fused-ring (bicyclic) bond motifs is 1. The molecule has 1 heterocycles. The minimum atomic E-state index is 0.257. The van der Waals surface area contributed by atoms with E-state index in [1.54, 1.807) is 0 Å². The zero-order chi connectivity index (χ0) is 12.5. The van der Waals surface area contributed by atoms with Crippen molar-refractivity contribution in [2.24, 2.45) is 0 Å². The number of thioether (sulfide) groups is 1. The number of hydrogen-bond donors (Lipinski definition) is 0. The lowest BCUT2D eigenvalue weighted by Crippen LogP contribution is -2.12. The van der Waals surface area contributed by atoms with E-state index in [9.17, 15) is 4.79 Å². The summed E-state index contributed by atoms with van der Waals surface area (Å²) in [4.78, 5) is 13.4. The maximum atomic E-state index is 12.2. The average molecular weight is 254 g/mol. The highest BCUT2D eigenvalue weighted by atomic mass is 32.2. The first-order valence-electron chi connectivity index (χ1n) is 6.10. The molecule has 1 nitrogen and oxygen atoms in total. The van der Waals surface area contributed by atoms with Crippen molar-refractivity contribution in [1.82, 2.24) is 0 Å². The van der Waals surface area contributed by atoms with Gasteiger partial charge in [0.1, 0.15) is 0 Å². The molecule has 0 bridgehead atoms. The molecular weight excluding hydrogens is 240 g/mol. The summed E-state index contributed by atoms with van der Waals surface area (Å²) in [5.41, 5.74) is 3.34. The van der Waals surface area contributed by atoms with Crippen molar-refractivity contribution in [3.8, 4) is 0 Å². The number of rotatable bonds is 1. The minimum absolute atomic E-state index is 0.257.